The number of benzene rings is 1. The first-order valence-electron chi connectivity index (χ1n) is 7.42. The third kappa shape index (κ3) is 2.94. The zero-order valence-corrected chi connectivity index (χ0v) is 14.3. The van der Waals surface area contributed by atoms with Gasteiger partial charge in [0.1, 0.15) is 22.5 Å². The molecule has 5 nitrogen and oxygen atoms in total. The van der Waals surface area contributed by atoms with E-state index in [1.807, 2.05) is 6.92 Å². The van der Waals surface area contributed by atoms with Gasteiger partial charge in [0.05, 0.1) is 5.39 Å². The van der Waals surface area contributed by atoms with Gasteiger partial charge >= 0.3 is 0 Å². The molecule has 24 heavy (non-hydrogen) atoms. The molecule has 0 radical (unpaired) electrons. The number of halogens is 1. The number of rotatable bonds is 3. The number of thiophene rings is 1. The quantitative estimate of drug-likeness (QED) is 0.791. The van der Waals surface area contributed by atoms with Crippen LogP contribution in [0.5, 0.6) is 0 Å². The van der Waals surface area contributed by atoms with Crippen molar-refractivity contribution in [1.82, 2.24) is 9.55 Å². The summed E-state index contributed by atoms with van der Waals surface area (Å²) >= 11 is 1.45. The average Bonchev–Trinajstić information content (AvgIpc) is 2.90. The molecule has 1 unspecified atom stereocenters. The second-order valence-corrected chi connectivity index (χ2v) is 6.82. The molecule has 0 fully saturated rings. The summed E-state index contributed by atoms with van der Waals surface area (Å²) in [6, 6.07) is 6.52. The van der Waals surface area contributed by atoms with Gasteiger partial charge in [0.2, 0.25) is 5.91 Å². The van der Waals surface area contributed by atoms with E-state index in [-0.39, 0.29) is 17.3 Å². The average molecular weight is 345 g/mol. The highest BCUT2D eigenvalue weighted by Gasteiger charge is 2.21. The minimum Gasteiger partial charge on any atom is -0.324 e. The summed E-state index contributed by atoms with van der Waals surface area (Å²) in [5, 5.41) is 3.20. The molecule has 0 saturated carbocycles. The second-order valence-electron chi connectivity index (χ2n) is 5.58. The van der Waals surface area contributed by atoms with Gasteiger partial charge < -0.3 is 5.32 Å². The Balaban J connectivity index is 1.95. The Morgan fingerprint density at radius 3 is 2.62 bits per heavy atom. The van der Waals surface area contributed by atoms with Gasteiger partial charge in [-0.25, -0.2) is 9.37 Å². The van der Waals surface area contributed by atoms with Crippen molar-refractivity contribution in [3.8, 4) is 0 Å². The summed E-state index contributed by atoms with van der Waals surface area (Å²) < 4.78 is 14.3. The lowest BCUT2D eigenvalue weighted by molar-refractivity contribution is -0.118. The van der Waals surface area contributed by atoms with Crippen LogP contribution in [0.15, 0.2) is 35.1 Å². The number of carbonyl (C=O) groups is 1. The smallest absolute Gasteiger partial charge is 0.263 e. The van der Waals surface area contributed by atoms with E-state index in [2.05, 4.69) is 10.3 Å². The van der Waals surface area contributed by atoms with Crippen LogP contribution < -0.4 is 10.9 Å². The van der Waals surface area contributed by atoms with Crippen LogP contribution in [0.1, 0.15) is 23.7 Å². The zero-order chi connectivity index (χ0) is 17.4. The van der Waals surface area contributed by atoms with Crippen LogP contribution in [0.2, 0.25) is 0 Å². The zero-order valence-electron chi connectivity index (χ0n) is 13.5. The van der Waals surface area contributed by atoms with Crippen molar-refractivity contribution in [3.63, 3.8) is 0 Å². The predicted molar refractivity (Wildman–Crippen MR) is 93.1 cm³/mol. The molecule has 2 heterocycles. The van der Waals surface area contributed by atoms with Gasteiger partial charge in [-0.2, -0.15) is 0 Å². The fourth-order valence-electron chi connectivity index (χ4n) is 2.57. The van der Waals surface area contributed by atoms with Gasteiger partial charge in [0.15, 0.2) is 0 Å². The fraction of sp³-hybridized carbons (Fsp3) is 0.235. The lowest BCUT2D eigenvalue weighted by atomic mass is 10.2. The number of hydrogen-bond donors (Lipinski definition) is 1. The number of aryl methyl sites for hydroxylation is 2. The number of fused-ring (bicyclic) bond motifs is 1. The number of anilines is 1. The first kappa shape index (κ1) is 16.3. The van der Waals surface area contributed by atoms with Crippen LogP contribution in [0.3, 0.4) is 0 Å². The Bertz CT molecular complexity index is 976. The highest BCUT2D eigenvalue weighted by Crippen LogP contribution is 2.22. The SMILES string of the molecule is Cc1cc2c(=O)n(C(C)C(=O)Nc3ccc(F)cc3)c(C)nc2s1. The highest BCUT2D eigenvalue weighted by molar-refractivity contribution is 7.18. The topological polar surface area (TPSA) is 64.0 Å². The van der Waals surface area contributed by atoms with E-state index in [9.17, 15) is 14.0 Å². The highest BCUT2D eigenvalue weighted by atomic mass is 32.1. The van der Waals surface area contributed by atoms with Gasteiger partial charge in [-0.05, 0) is 51.1 Å². The lowest BCUT2D eigenvalue weighted by Crippen LogP contribution is -2.33. The number of amides is 1. The van der Waals surface area contributed by atoms with Crippen LogP contribution in [0.25, 0.3) is 10.2 Å². The largest absolute Gasteiger partial charge is 0.324 e. The number of nitrogens with one attached hydrogen (secondary N) is 1. The Morgan fingerprint density at radius 2 is 1.96 bits per heavy atom. The summed E-state index contributed by atoms with van der Waals surface area (Å²) in [6.45, 7) is 5.26. The van der Waals surface area contributed by atoms with Crippen LogP contribution in [-0.2, 0) is 4.79 Å². The van der Waals surface area contributed by atoms with Crippen molar-refractivity contribution in [2.75, 3.05) is 5.32 Å². The Morgan fingerprint density at radius 1 is 1.29 bits per heavy atom. The molecular weight excluding hydrogens is 329 g/mol. The fourth-order valence-corrected chi connectivity index (χ4v) is 3.48. The maximum absolute atomic E-state index is 12.9. The third-order valence-electron chi connectivity index (χ3n) is 3.78. The summed E-state index contributed by atoms with van der Waals surface area (Å²) in [7, 11) is 0. The van der Waals surface area contributed by atoms with Crippen LogP contribution in [-0.4, -0.2) is 15.5 Å². The van der Waals surface area contributed by atoms with Crippen LogP contribution in [0, 0.1) is 19.7 Å². The number of aromatic nitrogens is 2. The molecular formula is C17H16FN3O2S. The minimum atomic E-state index is -0.736. The Hall–Kier alpha value is -2.54. The van der Waals surface area contributed by atoms with E-state index in [1.165, 1.54) is 40.2 Å². The molecule has 1 N–H and O–H groups in total. The molecule has 1 amide bonds. The van der Waals surface area contributed by atoms with E-state index in [0.29, 0.717) is 21.7 Å². The molecule has 0 aliphatic heterocycles. The number of nitrogens with zero attached hydrogens (tertiary/aromatic N) is 2. The van der Waals surface area contributed by atoms with E-state index in [4.69, 9.17) is 0 Å². The Labute approximate surface area is 141 Å². The monoisotopic (exact) mass is 345 g/mol. The molecule has 1 aromatic carbocycles. The van der Waals surface area contributed by atoms with Crippen molar-refractivity contribution < 1.29 is 9.18 Å². The molecule has 3 rings (SSSR count). The molecule has 0 aliphatic carbocycles. The van der Waals surface area contributed by atoms with Crippen LogP contribution >= 0.6 is 11.3 Å². The minimum absolute atomic E-state index is 0.233. The van der Waals surface area contributed by atoms with Gasteiger partial charge in [0.25, 0.3) is 5.56 Å². The van der Waals surface area contributed by atoms with Gasteiger partial charge in [0, 0.05) is 10.6 Å². The summed E-state index contributed by atoms with van der Waals surface area (Å²) in [4.78, 5) is 31.3. The van der Waals surface area contributed by atoms with Crippen molar-refractivity contribution in [1.29, 1.82) is 0 Å². The summed E-state index contributed by atoms with van der Waals surface area (Å²) in [5.74, 6) is -0.258. The molecule has 3 aromatic rings. The predicted octanol–water partition coefficient (Wildman–Crippen LogP) is 3.41. The number of carbonyl (C=O) groups excluding carboxylic acids is 1. The maximum Gasteiger partial charge on any atom is 0.263 e. The van der Waals surface area contributed by atoms with Crippen molar-refractivity contribution in [3.05, 3.63) is 57.2 Å². The van der Waals surface area contributed by atoms with Gasteiger partial charge in [-0.3, -0.25) is 14.2 Å². The van der Waals surface area contributed by atoms with Crippen LogP contribution in [0.4, 0.5) is 10.1 Å². The molecule has 0 aliphatic rings. The van der Waals surface area contributed by atoms with E-state index in [0.717, 1.165) is 4.88 Å². The Kier molecular flexibility index (Phi) is 4.19. The molecule has 124 valence electrons. The first-order chi connectivity index (χ1) is 11.4. The van der Waals surface area contributed by atoms with Crippen molar-refractivity contribution in [2.45, 2.75) is 26.8 Å². The lowest BCUT2D eigenvalue weighted by Gasteiger charge is -2.17. The normalized spacial score (nSPS) is 12.3. The standard InChI is InChI=1S/C17H16FN3O2S/c1-9-8-14-16(24-9)19-11(3)21(17(14)23)10(2)15(22)20-13-6-4-12(18)5-7-13/h4-8,10H,1-3H3,(H,20,22). The van der Waals surface area contributed by atoms with E-state index < -0.39 is 6.04 Å². The molecule has 0 bridgehead atoms. The van der Waals surface area contributed by atoms with Gasteiger partial charge in [-0.15, -0.1) is 11.3 Å². The van der Waals surface area contributed by atoms with Gasteiger partial charge in [-0.1, -0.05) is 0 Å². The third-order valence-corrected chi connectivity index (χ3v) is 4.72. The first-order valence-corrected chi connectivity index (χ1v) is 8.24. The van der Waals surface area contributed by atoms with Crippen molar-refractivity contribution in [2.24, 2.45) is 0 Å². The maximum atomic E-state index is 12.9. The second kappa shape index (κ2) is 6.16. The molecule has 2 aromatic heterocycles. The molecule has 1 atom stereocenters. The van der Waals surface area contributed by atoms with Crippen molar-refractivity contribution >= 4 is 33.1 Å². The summed E-state index contributed by atoms with van der Waals surface area (Å²) in [6.07, 6.45) is 0. The summed E-state index contributed by atoms with van der Waals surface area (Å²) in [5.41, 5.74) is 0.239. The number of hydrogen-bond acceptors (Lipinski definition) is 4. The van der Waals surface area contributed by atoms with E-state index in [1.54, 1.807) is 19.9 Å². The molecule has 0 saturated heterocycles. The molecule has 7 heteroatoms. The molecule has 0 spiro atoms. The van der Waals surface area contributed by atoms with E-state index >= 15 is 0 Å².